The lowest BCUT2D eigenvalue weighted by Crippen LogP contribution is -2.17. The number of aryl methyl sites for hydroxylation is 1. The number of alkyl halides is 1. The van der Waals surface area contributed by atoms with Crippen LogP contribution in [0.25, 0.3) is 0 Å². The van der Waals surface area contributed by atoms with Crippen LogP contribution in [0.3, 0.4) is 0 Å². The van der Waals surface area contributed by atoms with Crippen LogP contribution in [-0.2, 0) is 9.53 Å². The Hall–Kier alpha value is -1.37. The van der Waals surface area contributed by atoms with Crippen LogP contribution in [0, 0.1) is 6.92 Å². The summed E-state index contributed by atoms with van der Waals surface area (Å²) in [5, 5.41) is 0. The third-order valence-electron chi connectivity index (χ3n) is 2.59. The van der Waals surface area contributed by atoms with Crippen molar-refractivity contribution in [1.29, 1.82) is 0 Å². The van der Waals surface area contributed by atoms with Crippen molar-refractivity contribution in [2.75, 3.05) is 6.61 Å². The summed E-state index contributed by atoms with van der Waals surface area (Å²) in [4.78, 5) is 38.8. The maximum Gasteiger partial charge on any atom is 0.323 e. The van der Waals surface area contributed by atoms with Crippen molar-refractivity contribution in [3.63, 3.8) is 0 Å². The van der Waals surface area contributed by atoms with Gasteiger partial charge in [-0.15, -0.1) is 0 Å². The van der Waals surface area contributed by atoms with E-state index in [0.29, 0.717) is 25.1 Å². The summed E-state index contributed by atoms with van der Waals surface area (Å²) in [5.74, 6) is -0.458. The Labute approximate surface area is 119 Å². The number of aromatic nitrogens is 2. The van der Waals surface area contributed by atoms with Gasteiger partial charge in [0.1, 0.15) is 5.69 Å². The Morgan fingerprint density at radius 1 is 1.37 bits per heavy atom. The number of hydrogen-bond donors (Lipinski definition) is 2. The first-order chi connectivity index (χ1) is 8.95. The minimum Gasteiger partial charge on any atom is -0.466 e. The molecule has 106 valence electrons. The molecular weight excluding hydrogens is 316 g/mol. The van der Waals surface area contributed by atoms with Crippen LogP contribution >= 0.6 is 15.9 Å². The van der Waals surface area contributed by atoms with Gasteiger partial charge in [-0.25, -0.2) is 4.79 Å². The average molecular weight is 333 g/mol. The summed E-state index contributed by atoms with van der Waals surface area (Å²) < 4.78 is 4.80. The van der Waals surface area contributed by atoms with Gasteiger partial charge in [-0.05, 0) is 26.7 Å². The van der Waals surface area contributed by atoms with Gasteiger partial charge in [0, 0.05) is 12.1 Å². The monoisotopic (exact) mass is 332 g/mol. The number of imidazole rings is 1. The number of esters is 1. The van der Waals surface area contributed by atoms with Gasteiger partial charge in [-0.3, -0.25) is 9.59 Å². The second kappa shape index (κ2) is 7.28. The standard InChI is InChI=1S/C12H17BrN2O4/c1-3-19-9(16)6-4-5-8(13)11(17)10-7(2)14-12(18)15-10/h8H,3-6H2,1-2H3,(H2,14,15,18)/t8-/m1/s1. The van der Waals surface area contributed by atoms with Crippen molar-refractivity contribution >= 4 is 27.7 Å². The van der Waals surface area contributed by atoms with E-state index in [1.807, 2.05) is 0 Å². The van der Waals surface area contributed by atoms with Crippen LogP contribution in [-0.4, -0.2) is 33.2 Å². The van der Waals surface area contributed by atoms with Crippen molar-refractivity contribution in [2.45, 2.75) is 37.9 Å². The van der Waals surface area contributed by atoms with Crippen LogP contribution in [0.15, 0.2) is 4.79 Å². The Kier molecular flexibility index (Phi) is 6.01. The van der Waals surface area contributed by atoms with Crippen molar-refractivity contribution in [3.8, 4) is 0 Å². The lowest BCUT2D eigenvalue weighted by molar-refractivity contribution is -0.143. The zero-order valence-electron chi connectivity index (χ0n) is 10.9. The number of rotatable bonds is 7. The van der Waals surface area contributed by atoms with E-state index in [1.165, 1.54) is 0 Å². The zero-order chi connectivity index (χ0) is 14.4. The van der Waals surface area contributed by atoms with Crippen LogP contribution in [0.1, 0.15) is 42.4 Å². The van der Waals surface area contributed by atoms with Gasteiger partial charge >= 0.3 is 11.7 Å². The van der Waals surface area contributed by atoms with Gasteiger partial charge in [-0.2, -0.15) is 0 Å². The second-order valence-electron chi connectivity index (χ2n) is 4.11. The van der Waals surface area contributed by atoms with Crippen molar-refractivity contribution < 1.29 is 14.3 Å². The Bertz CT molecular complexity index is 506. The molecule has 19 heavy (non-hydrogen) atoms. The SMILES string of the molecule is CCOC(=O)CCC[C@@H](Br)C(=O)c1[nH]c(=O)[nH]c1C. The van der Waals surface area contributed by atoms with Crippen molar-refractivity contribution in [3.05, 3.63) is 21.9 Å². The minimum absolute atomic E-state index is 0.195. The Balaban J connectivity index is 2.48. The van der Waals surface area contributed by atoms with Gasteiger partial charge in [-0.1, -0.05) is 15.9 Å². The normalized spacial score (nSPS) is 12.2. The number of carbonyl (C=O) groups is 2. The highest BCUT2D eigenvalue weighted by Crippen LogP contribution is 2.16. The molecule has 0 unspecified atom stereocenters. The van der Waals surface area contributed by atoms with E-state index in [9.17, 15) is 14.4 Å². The van der Waals surface area contributed by atoms with Gasteiger partial charge in [0.05, 0.1) is 11.4 Å². The summed E-state index contributed by atoms with van der Waals surface area (Å²) in [6.45, 7) is 3.77. The highest BCUT2D eigenvalue weighted by molar-refractivity contribution is 9.10. The minimum atomic E-state index is -0.424. The number of Topliss-reactive ketones (excluding diaryl/α,β-unsaturated/α-hetero) is 1. The fourth-order valence-electron chi connectivity index (χ4n) is 1.66. The highest BCUT2D eigenvalue weighted by Gasteiger charge is 2.21. The third-order valence-corrected chi connectivity index (χ3v) is 3.46. The first kappa shape index (κ1) is 15.7. The molecule has 0 aromatic carbocycles. The molecule has 0 saturated heterocycles. The van der Waals surface area contributed by atoms with Gasteiger partial charge in [0.25, 0.3) is 0 Å². The Morgan fingerprint density at radius 3 is 2.58 bits per heavy atom. The number of H-pyrrole nitrogens is 2. The van der Waals surface area contributed by atoms with E-state index in [-0.39, 0.29) is 23.9 Å². The third kappa shape index (κ3) is 4.66. The van der Waals surface area contributed by atoms with E-state index >= 15 is 0 Å². The molecule has 0 amide bonds. The van der Waals surface area contributed by atoms with Crippen LogP contribution in [0.5, 0.6) is 0 Å². The number of ketones is 1. The predicted octanol–water partition coefficient (Wildman–Crippen LogP) is 1.69. The van der Waals surface area contributed by atoms with E-state index < -0.39 is 10.5 Å². The number of halogens is 1. The molecule has 0 radical (unpaired) electrons. The molecule has 1 aromatic rings. The number of ether oxygens (including phenoxy) is 1. The van der Waals surface area contributed by atoms with Crippen LogP contribution in [0.2, 0.25) is 0 Å². The van der Waals surface area contributed by atoms with E-state index in [2.05, 4.69) is 25.9 Å². The summed E-state index contributed by atoms with van der Waals surface area (Å²) in [5.41, 5.74) is 0.403. The maximum absolute atomic E-state index is 12.0. The highest BCUT2D eigenvalue weighted by atomic mass is 79.9. The number of hydrogen-bond acceptors (Lipinski definition) is 4. The van der Waals surface area contributed by atoms with E-state index in [1.54, 1.807) is 13.8 Å². The zero-order valence-corrected chi connectivity index (χ0v) is 12.5. The molecule has 0 spiro atoms. The largest absolute Gasteiger partial charge is 0.466 e. The molecule has 6 nitrogen and oxygen atoms in total. The lowest BCUT2D eigenvalue weighted by Gasteiger charge is -2.07. The average Bonchev–Trinajstić information content (AvgIpc) is 2.67. The quantitative estimate of drug-likeness (QED) is 0.451. The molecule has 0 fully saturated rings. The predicted molar refractivity (Wildman–Crippen MR) is 73.7 cm³/mol. The molecule has 0 aliphatic heterocycles. The molecule has 1 heterocycles. The molecule has 1 atom stereocenters. The van der Waals surface area contributed by atoms with E-state index in [0.717, 1.165) is 0 Å². The molecule has 0 saturated carbocycles. The summed E-state index contributed by atoms with van der Waals surface area (Å²) in [6.07, 6.45) is 1.34. The summed E-state index contributed by atoms with van der Waals surface area (Å²) >= 11 is 3.27. The first-order valence-corrected chi connectivity index (χ1v) is 7.00. The molecule has 0 bridgehead atoms. The fourth-order valence-corrected chi connectivity index (χ4v) is 2.22. The maximum atomic E-state index is 12.0. The fraction of sp³-hybridized carbons (Fsp3) is 0.583. The van der Waals surface area contributed by atoms with E-state index in [4.69, 9.17) is 4.74 Å². The summed E-state index contributed by atoms with van der Waals surface area (Å²) in [7, 11) is 0. The number of aromatic amines is 2. The topological polar surface area (TPSA) is 92.0 Å². The molecule has 1 rings (SSSR count). The lowest BCUT2D eigenvalue weighted by atomic mass is 10.1. The molecule has 2 N–H and O–H groups in total. The Morgan fingerprint density at radius 2 is 2.05 bits per heavy atom. The number of nitrogens with one attached hydrogen (secondary N) is 2. The first-order valence-electron chi connectivity index (χ1n) is 6.08. The molecular formula is C12H17BrN2O4. The van der Waals surface area contributed by atoms with Crippen LogP contribution in [0.4, 0.5) is 0 Å². The number of carbonyl (C=O) groups excluding carboxylic acids is 2. The smallest absolute Gasteiger partial charge is 0.323 e. The van der Waals surface area contributed by atoms with Gasteiger partial charge in [0.2, 0.25) is 0 Å². The van der Waals surface area contributed by atoms with Gasteiger partial charge in [0.15, 0.2) is 5.78 Å². The van der Waals surface area contributed by atoms with Gasteiger partial charge < -0.3 is 14.7 Å². The molecule has 0 aliphatic rings. The second-order valence-corrected chi connectivity index (χ2v) is 5.21. The molecule has 0 aliphatic carbocycles. The molecule has 1 aromatic heterocycles. The van der Waals surface area contributed by atoms with Crippen molar-refractivity contribution in [2.24, 2.45) is 0 Å². The van der Waals surface area contributed by atoms with Crippen LogP contribution < -0.4 is 5.69 Å². The summed E-state index contributed by atoms with van der Waals surface area (Å²) in [6, 6.07) is 0. The molecule has 7 heteroatoms. The van der Waals surface area contributed by atoms with Crippen molar-refractivity contribution in [1.82, 2.24) is 9.97 Å².